The van der Waals surface area contributed by atoms with Crippen LogP contribution in [0.25, 0.3) is 0 Å². The van der Waals surface area contributed by atoms with Crippen LogP contribution in [0, 0.1) is 0 Å². The van der Waals surface area contributed by atoms with Crippen molar-refractivity contribution in [2.24, 2.45) is 0 Å². The number of hydrogen-bond acceptors (Lipinski definition) is 4. The van der Waals surface area contributed by atoms with Gasteiger partial charge in [-0.1, -0.05) is 34.8 Å². The van der Waals surface area contributed by atoms with Crippen molar-refractivity contribution >= 4 is 50.5 Å². The van der Waals surface area contributed by atoms with E-state index in [4.69, 9.17) is 39.5 Å². The molecule has 12 heteroatoms. The molecular formula is C18H16Cl3F3N2O3S. The Morgan fingerprint density at radius 2 is 1.73 bits per heavy atom. The summed E-state index contributed by atoms with van der Waals surface area (Å²) in [6.07, 6.45) is -4.03. The van der Waals surface area contributed by atoms with Crippen LogP contribution in [0.15, 0.2) is 35.2 Å². The SMILES string of the molecule is CN1CC[C@H](Oc2cc(NS(=O)(=O)c3c(Cl)cc(C(F)(F)F)cc3Cl)ccc2Cl)C1. The fraction of sp³-hybridized carbons (Fsp3) is 0.333. The molecule has 1 aliphatic rings. The summed E-state index contributed by atoms with van der Waals surface area (Å²) in [6, 6.07) is 5.25. The lowest BCUT2D eigenvalue weighted by molar-refractivity contribution is -0.137. The highest BCUT2D eigenvalue weighted by molar-refractivity contribution is 7.93. The lowest BCUT2D eigenvalue weighted by Gasteiger charge is -2.17. The topological polar surface area (TPSA) is 58.6 Å². The molecule has 1 aliphatic heterocycles. The van der Waals surface area contributed by atoms with Gasteiger partial charge in [0.15, 0.2) is 0 Å². The highest BCUT2D eigenvalue weighted by Gasteiger charge is 2.34. The fourth-order valence-corrected chi connectivity index (χ4v) is 5.44. The quantitative estimate of drug-likeness (QED) is 0.581. The Morgan fingerprint density at radius 1 is 1.10 bits per heavy atom. The van der Waals surface area contributed by atoms with E-state index in [0.29, 0.717) is 18.7 Å². The maximum Gasteiger partial charge on any atom is 0.416 e. The Kier molecular flexibility index (Phi) is 6.69. The second-order valence-electron chi connectivity index (χ2n) is 6.81. The third kappa shape index (κ3) is 5.26. The van der Waals surface area contributed by atoms with E-state index in [9.17, 15) is 21.6 Å². The molecule has 0 radical (unpaired) electrons. The normalized spacial score (nSPS) is 17.9. The van der Waals surface area contributed by atoms with E-state index in [1.807, 2.05) is 7.05 Å². The third-order valence-corrected chi connectivity index (χ3v) is 7.03. The minimum absolute atomic E-state index is 0.0905. The van der Waals surface area contributed by atoms with Crippen molar-refractivity contribution in [1.29, 1.82) is 0 Å². The fourth-order valence-electron chi connectivity index (χ4n) is 3.01. The number of hydrogen-bond donors (Lipinski definition) is 1. The van der Waals surface area contributed by atoms with Gasteiger partial charge in [-0.3, -0.25) is 4.72 Å². The van der Waals surface area contributed by atoms with Gasteiger partial charge in [0.1, 0.15) is 16.7 Å². The Balaban J connectivity index is 1.88. The lowest BCUT2D eigenvalue weighted by Crippen LogP contribution is -2.21. The van der Waals surface area contributed by atoms with E-state index in [0.717, 1.165) is 13.0 Å². The highest BCUT2D eigenvalue weighted by Crippen LogP contribution is 2.39. The summed E-state index contributed by atoms with van der Waals surface area (Å²) < 4.78 is 72.2. The molecule has 1 saturated heterocycles. The first-order chi connectivity index (χ1) is 13.9. The smallest absolute Gasteiger partial charge is 0.416 e. The molecule has 0 unspecified atom stereocenters. The van der Waals surface area contributed by atoms with Crippen LogP contribution in [0.4, 0.5) is 18.9 Å². The van der Waals surface area contributed by atoms with Gasteiger partial charge in [0.25, 0.3) is 10.0 Å². The van der Waals surface area contributed by atoms with Gasteiger partial charge in [-0.25, -0.2) is 8.42 Å². The largest absolute Gasteiger partial charge is 0.487 e. The zero-order valence-electron chi connectivity index (χ0n) is 15.4. The maximum absolute atomic E-state index is 12.9. The molecule has 0 saturated carbocycles. The number of alkyl halides is 3. The first kappa shape index (κ1) is 23.3. The van der Waals surface area contributed by atoms with Crippen LogP contribution in [0.3, 0.4) is 0 Å². The van der Waals surface area contributed by atoms with Gasteiger partial charge in [0.05, 0.1) is 26.3 Å². The second kappa shape index (κ2) is 8.63. The van der Waals surface area contributed by atoms with E-state index < -0.39 is 36.7 Å². The van der Waals surface area contributed by atoms with Crippen LogP contribution < -0.4 is 9.46 Å². The van der Waals surface area contributed by atoms with Crippen LogP contribution in [0.2, 0.25) is 15.1 Å². The third-order valence-electron chi connectivity index (χ3n) is 4.42. The zero-order valence-corrected chi connectivity index (χ0v) is 18.5. The van der Waals surface area contributed by atoms with E-state index in [1.165, 1.54) is 18.2 Å². The number of rotatable bonds is 5. The second-order valence-corrected chi connectivity index (χ2v) is 9.65. The standard InChI is InChI=1S/C18H16Cl3F3N2O3S/c1-26-5-4-12(9-26)29-16-8-11(2-3-13(16)19)25-30(27,28)17-14(20)6-10(7-15(17)21)18(22,23)24/h2-3,6-8,12,25H,4-5,9H2,1H3/t12-/m0/s1. The molecule has 164 valence electrons. The molecular weight excluding hydrogens is 488 g/mol. The Morgan fingerprint density at radius 3 is 2.27 bits per heavy atom. The molecule has 1 N–H and O–H groups in total. The number of likely N-dealkylation sites (tertiary alicyclic amines) is 1. The van der Waals surface area contributed by atoms with Gasteiger partial charge in [-0.05, 0) is 37.7 Å². The molecule has 2 aromatic rings. The van der Waals surface area contributed by atoms with Gasteiger partial charge in [0, 0.05) is 19.2 Å². The molecule has 30 heavy (non-hydrogen) atoms. The number of sulfonamides is 1. The maximum atomic E-state index is 12.9. The van der Waals surface area contributed by atoms with Crippen LogP contribution in [0.5, 0.6) is 5.75 Å². The van der Waals surface area contributed by atoms with E-state index in [-0.39, 0.29) is 22.6 Å². The van der Waals surface area contributed by atoms with Crippen molar-refractivity contribution in [3.8, 4) is 5.75 Å². The Bertz CT molecular complexity index is 1040. The van der Waals surface area contributed by atoms with Crippen LogP contribution in [0.1, 0.15) is 12.0 Å². The summed E-state index contributed by atoms with van der Waals surface area (Å²) in [5.41, 5.74) is -1.06. The monoisotopic (exact) mass is 502 g/mol. The van der Waals surface area contributed by atoms with Crippen molar-refractivity contribution in [2.45, 2.75) is 23.6 Å². The summed E-state index contributed by atoms with van der Waals surface area (Å²) in [7, 11) is -2.44. The molecule has 0 amide bonds. The molecule has 5 nitrogen and oxygen atoms in total. The predicted molar refractivity (Wildman–Crippen MR) is 110 cm³/mol. The summed E-state index contributed by atoms with van der Waals surface area (Å²) in [5, 5.41) is -1.01. The number of anilines is 1. The van der Waals surface area contributed by atoms with E-state index >= 15 is 0 Å². The summed E-state index contributed by atoms with van der Waals surface area (Å²) in [6.45, 7) is 1.56. The van der Waals surface area contributed by atoms with Crippen LogP contribution in [-0.4, -0.2) is 39.6 Å². The minimum atomic E-state index is -4.72. The minimum Gasteiger partial charge on any atom is -0.487 e. The molecule has 2 aromatic carbocycles. The number of likely N-dealkylation sites (N-methyl/N-ethyl adjacent to an activating group) is 1. The lowest BCUT2D eigenvalue weighted by atomic mass is 10.2. The van der Waals surface area contributed by atoms with Crippen molar-refractivity contribution < 1.29 is 26.3 Å². The summed E-state index contributed by atoms with van der Waals surface area (Å²) in [4.78, 5) is 1.42. The molecule has 0 aliphatic carbocycles. The molecule has 3 rings (SSSR count). The van der Waals surface area contributed by atoms with Crippen LogP contribution >= 0.6 is 34.8 Å². The average Bonchev–Trinajstić information content (AvgIpc) is 3.01. The van der Waals surface area contributed by atoms with Gasteiger partial charge < -0.3 is 9.64 Å². The molecule has 1 atom stereocenters. The van der Waals surface area contributed by atoms with Gasteiger partial charge in [-0.2, -0.15) is 13.2 Å². The van der Waals surface area contributed by atoms with Gasteiger partial charge in [-0.15, -0.1) is 0 Å². The predicted octanol–water partition coefficient (Wildman–Crippen LogP) is 5.55. The number of nitrogens with zero attached hydrogens (tertiary/aromatic N) is 1. The molecule has 0 spiro atoms. The Hall–Kier alpha value is -1.39. The number of benzene rings is 2. The number of halogens is 6. The van der Waals surface area contributed by atoms with Crippen molar-refractivity contribution in [1.82, 2.24) is 4.90 Å². The zero-order chi connectivity index (χ0) is 22.3. The molecule has 0 aromatic heterocycles. The molecule has 1 fully saturated rings. The number of nitrogens with one attached hydrogen (secondary N) is 1. The van der Waals surface area contributed by atoms with Crippen molar-refractivity contribution in [3.63, 3.8) is 0 Å². The van der Waals surface area contributed by atoms with Crippen molar-refractivity contribution in [2.75, 3.05) is 24.9 Å². The Labute approximate surface area is 186 Å². The first-order valence-corrected chi connectivity index (χ1v) is 11.2. The van der Waals surface area contributed by atoms with E-state index in [1.54, 1.807) is 0 Å². The van der Waals surface area contributed by atoms with E-state index in [2.05, 4.69) is 9.62 Å². The molecule has 0 bridgehead atoms. The van der Waals surface area contributed by atoms with Gasteiger partial charge in [0.2, 0.25) is 0 Å². The van der Waals surface area contributed by atoms with Crippen molar-refractivity contribution in [3.05, 3.63) is 51.0 Å². The first-order valence-electron chi connectivity index (χ1n) is 8.60. The summed E-state index contributed by atoms with van der Waals surface area (Å²) >= 11 is 17.8. The number of ether oxygens (including phenoxy) is 1. The summed E-state index contributed by atoms with van der Waals surface area (Å²) in [5.74, 6) is 0.279. The van der Waals surface area contributed by atoms with Gasteiger partial charge >= 0.3 is 6.18 Å². The van der Waals surface area contributed by atoms with Crippen LogP contribution in [-0.2, 0) is 16.2 Å². The molecule has 1 heterocycles. The highest BCUT2D eigenvalue weighted by atomic mass is 35.5. The average molecular weight is 504 g/mol.